The van der Waals surface area contributed by atoms with E-state index in [-0.39, 0.29) is 24.0 Å². The Hall–Kier alpha value is -0.610. The largest absolute Gasteiger partial charge is 0.378 e. The van der Waals surface area contributed by atoms with Crippen LogP contribution in [-0.2, 0) is 9.53 Å². The molecule has 1 N–H and O–H groups in total. The SMILES string of the molecule is CC1CC(C(=O)N(CC2CCCN2)C(C)C)CO1. The average Bonchev–Trinajstić information content (AvgIpc) is 2.95. The molecule has 104 valence electrons. The van der Waals surface area contributed by atoms with Crippen LogP contribution in [0.2, 0.25) is 0 Å². The van der Waals surface area contributed by atoms with Crippen molar-refractivity contribution in [2.24, 2.45) is 5.92 Å². The number of carbonyl (C=O) groups excluding carboxylic acids is 1. The van der Waals surface area contributed by atoms with E-state index in [4.69, 9.17) is 4.74 Å². The Morgan fingerprint density at radius 1 is 1.50 bits per heavy atom. The summed E-state index contributed by atoms with van der Waals surface area (Å²) in [5.74, 6) is 0.354. The standard InChI is InChI=1S/C14H26N2O2/c1-10(2)16(8-13-5-4-6-15-13)14(17)12-7-11(3)18-9-12/h10-13,15H,4-9H2,1-3H3. The fraction of sp³-hybridized carbons (Fsp3) is 0.929. The van der Waals surface area contributed by atoms with Crippen LogP contribution < -0.4 is 5.32 Å². The predicted octanol–water partition coefficient (Wildman–Crippen LogP) is 1.40. The Labute approximate surface area is 110 Å². The molecular formula is C14H26N2O2. The van der Waals surface area contributed by atoms with Crippen molar-refractivity contribution in [1.82, 2.24) is 10.2 Å². The highest BCUT2D eigenvalue weighted by Gasteiger charge is 2.33. The fourth-order valence-corrected chi connectivity index (χ4v) is 2.93. The van der Waals surface area contributed by atoms with E-state index in [1.54, 1.807) is 0 Å². The summed E-state index contributed by atoms with van der Waals surface area (Å²) in [6, 6.07) is 0.756. The minimum Gasteiger partial charge on any atom is -0.378 e. The predicted molar refractivity (Wildman–Crippen MR) is 71.4 cm³/mol. The minimum atomic E-state index is 0.0730. The second-order valence-electron chi connectivity index (χ2n) is 5.95. The van der Waals surface area contributed by atoms with Gasteiger partial charge in [-0.2, -0.15) is 0 Å². The van der Waals surface area contributed by atoms with Crippen molar-refractivity contribution in [3.8, 4) is 0 Å². The zero-order chi connectivity index (χ0) is 13.1. The van der Waals surface area contributed by atoms with Crippen LogP contribution in [0.25, 0.3) is 0 Å². The number of nitrogens with one attached hydrogen (secondary N) is 1. The summed E-state index contributed by atoms with van der Waals surface area (Å²) in [6.07, 6.45) is 3.53. The van der Waals surface area contributed by atoms with Gasteiger partial charge in [0, 0.05) is 18.6 Å². The summed E-state index contributed by atoms with van der Waals surface area (Å²) in [6.45, 7) is 8.79. The zero-order valence-electron chi connectivity index (χ0n) is 11.8. The third-order valence-electron chi connectivity index (χ3n) is 4.03. The Kier molecular flexibility index (Phi) is 4.62. The number of carbonyl (C=O) groups is 1. The van der Waals surface area contributed by atoms with Crippen molar-refractivity contribution in [1.29, 1.82) is 0 Å². The Bertz CT molecular complexity index is 288. The van der Waals surface area contributed by atoms with E-state index < -0.39 is 0 Å². The highest BCUT2D eigenvalue weighted by Crippen LogP contribution is 2.23. The van der Waals surface area contributed by atoms with Crippen molar-refractivity contribution in [3.05, 3.63) is 0 Å². The highest BCUT2D eigenvalue weighted by molar-refractivity contribution is 5.79. The molecule has 4 nitrogen and oxygen atoms in total. The lowest BCUT2D eigenvalue weighted by molar-refractivity contribution is -0.137. The van der Waals surface area contributed by atoms with E-state index in [9.17, 15) is 4.79 Å². The first-order valence-electron chi connectivity index (χ1n) is 7.23. The number of ether oxygens (including phenoxy) is 1. The third-order valence-corrected chi connectivity index (χ3v) is 4.03. The molecule has 2 aliphatic heterocycles. The van der Waals surface area contributed by atoms with Gasteiger partial charge in [-0.1, -0.05) is 0 Å². The Morgan fingerprint density at radius 2 is 2.28 bits per heavy atom. The normalized spacial score (nSPS) is 32.1. The molecular weight excluding hydrogens is 228 g/mol. The monoisotopic (exact) mass is 254 g/mol. The first-order valence-corrected chi connectivity index (χ1v) is 7.23. The number of hydrogen-bond donors (Lipinski definition) is 1. The highest BCUT2D eigenvalue weighted by atomic mass is 16.5. The molecule has 0 aromatic carbocycles. The van der Waals surface area contributed by atoms with Crippen LogP contribution in [0, 0.1) is 5.92 Å². The quantitative estimate of drug-likeness (QED) is 0.824. The molecule has 0 radical (unpaired) electrons. The summed E-state index contributed by atoms with van der Waals surface area (Å²) < 4.78 is 5.52. The summed E-state index contributed by atoms with van der Waals surface area (Å²) in [7, 11) is 0. The van der Waals surface area contributed by atoms with E-state index in [1.165, 1.54) is 12.8 Å². The van der Waals surface area contributed by atoms with Crippen molar-refractivity contribution < 1.29 is 9.53 Å². The topological polar surface area (TPSA) is 41.6 Å². The van der Waals surface area contributed by atoms with Gasteiger partial charge in [0.1, 0.15) is 0 Å². The van der Waals surface area contributed by atoms with E-state index >= 15 is 0 Å². The van der Waals surface area contributed by atoms with E-state index in [1.807, 2.05) is 11.8 Å². The second-order valence-corrected chi connectivity index (χ2v) is 5.95. The van der Waals surface area contributed by atoms with Gasteiger partial charge in [0.05, 0.1) is 18.6 Å². The van der Waals surface area contributed by atoms with Crippen LogP contribution in [0.5, 0.6) is 0 Å². The van der Waals surface area contributed by atoms with Gasteiger partial charge in [-0.3, -0.25) is 4.79 Å². The third kappa shape index (κ3) is 3.23. The minimum absolute atomic E-state index is 0.0730. The molecule has 3 unspecified atom stereocenters. The van der Waals surface area contributed by atoms with Crippen LogP contribution >= 0.6 is 0 Å². The molecule has 0 saturated carbocycles. The molecule has 2 fully saturated rings. The van der Waals surface area contributed by atoms with Gasteiger partial charge in [0.15, 0.2) is 0 Å². The Balaban J connectivity index is 1.93. The van der Waals surface area contributed by atoms with Crippen LogP contribution in [0.1, 0.15) is 40.0 Å². The smallest absolute Gasteiger partial charge is 0.228 e. The average molecular weight is 254 g/mol. The van der Waals surface area contributed by atoms with Crippen LogP contribution in [0.3, 0.4) is 0 Å². The Morgan fingerprint density at radius 3 is 2.78 bits per heavy atom. The van der Waals surface area contributed by atoms with E-state index in [2.05, 4.69) is 19.2 Å². The van der Waals surface area contributed by atoms with Crippen LogP contribution in [-0.4, -0.2) is 48.7 Å². The van der Waals surface area contributed by atoms with Gasteiger partial charge in [0.2, 0.25) is 5.91 Å². The van der Waals surface area contributed by atoms with Crippen molar-refractivity contribution in [2.75, 3.05) is 19.7 Å². The second kappa shape index (κ2) is 6.02. The number of hydrogen-bond acceptors (Lipinski definition) is 3. The van der Waals surface area contributed by atoms with Crippen molar-refractivity contribution in [3.63, 3.8) is 0 Å². The lowest BCUT2D eigenvalue weighted by Crippen LogP contribution is -2.47. The summed E-state index contributed by atoms with van der Waals surface area (Å²) >= 11 is 0. The molecule has 2 heterocycles. The molecule has 0 aromatic heterocycles. The first-order chi connectivity index (χ1) is 8.58. The first kappa shape index (κ1) is 13.8. The number of nitrogens with zero attached hydrogens (tertiary/aromatic N) is 1. The molecule has 2 aliphatic rings. The van der Waals surface area contributed by atoms with Crippen molar-refractivity contribution in [2.45, 2.75) is 58.2 Å². The molecule has 2 saturated heterocycles. The lowest BCUT2D eigenvalue weighted by Gasteiger charge is -2.31. The molecule has 0 aromatic rings. The van der Waals surface area contributed by atoms with E-state index in [0.717, 1.165) is 19.5 Å². The fourth-order valence-electron chi connectivity index (χ4n) is 2.93. The molecule has 0 spiro atoms. The summed E-state index contributed by atoms with van der Waals surface area (Å²) in [4.78, 5) is 14.6. The summed E-state index contributed by atoms with van der Waals surface area (Å²) in [5.41, 5.74) is 0. The maximum Gasteiger partial charge on any atom is 0.228 e. The molecule has 0 aliphatic carbocycles. The van der Waals surface area contributed by atoms with Gasteiger partial charge >= 0.3 is 0 Å². The molecule has 3 atom stereocenters. The molecule has 1 amide bonds. The lowest BCUT2D eigenvalue weighted by atomic mass is 10.0. The van der Waals surface area contributed by atoms with Crippen molar-refractivity contribution >= 4 is 5.91 Å². The van der Waals surface area contributed by atoms with Gasteiger partial charge in [-0.15, -0.1) is 0 Å². The molecule has 2 rings (SSSR count). The van der Waals surface area contributed by atoms with Gasteiger partial charge in [-0.05, 0) is 46.6 Å². The van der Waals surface area contributed by atoms with E-state index in [0.29, 0.717) is 12.6 Å². The number of rotatable bonds is 4. The zero-order valence-corrected chi connectivity index (χ0v) is 11.8. The van der Waals surface area contributed by atoms with Crippen LogP contribution in [0.15, 0.2) is 0 Å². The molecule has 4 heteroatoms. The van der Waals surface area contributed by atoms with Gasteiger partial charge < -0.3 is 15.0 Å². The van der Waals surface area contributed by atoms with Gasteiger partial charge in [-0.25, -0.2) is 0 Å². The maximum absolute atomic E-state index is 12.5. The maximum atomic E-state index is 12.5. The molecule has 0 bridgehead atoms. The molecule has 18 heavy (non-hydrogen) atoms. The van der Waals surface area contributed by atoms with Crippen LogP contribution in [0.4, 0.5) is 0 Å². The van der Waals surface area contributed by atoms with Gasteiger partial charge in [0.25, 0.3) is 0 Å². The number of amides is 1. The summed E-state index contributed by atoms with van der Waals surface area (Å²) in [5, 5.41) is 3.47.